The van der Waals surface area contributed by atoms with Gasteiger partial charge in [0, 0.05) is 49.6 Å². The van der Waals surface area contributed by atoms with Crippen molar-refractivity contribution in [3.63, 3.8) is 0 Å². The lowest BCUT2D eigenvalue weighted by atomic mass is 10.1. The molecule has 1 aliphatic heterocycles. The fourth-order valence-corrected chi connectivity index (χ4v) is 3.65. The molecular formula is C22H26N4O4. The highest BCUT2D eigenvalue weighted by Gasteiger charge is 2.19. The fraction of sp³-hybridized carbons (Fsp3) is 0.364. The van der Waals surface area contributed by atoms with E-state index >= 15 is 0 Å². The molecule has 1 aliphatic rings. The molecule has 2 aromatic rings. The number of carbonyl (C=O) groups excluding carboxylic acids is 2. The van der Waals surface area contributed by atoms with Crippen molar-refractivity contribution in [1.82, 2.24) is 10.2 Å². The third-order valence-electron chi connectivity index (χ3n) is 5.33. The van der Waals surface area contributed by atoms with Gasteiger partial charge in [0.1, 0.15) is 0 Å². The number of amides is 2. The summed E-state index contributed by atoms with van der Waals surface area (Å²) in [6.45, 7) is 3.94. The van der Waals surface area contributed by atoms with Gasteiger partial charge in [-0.1, -0.05) is 18.2 Å². The van der Waals surface area contributed by atoms with E-state index in [2.05, 4.69) is 16.3 Å². The number of anilines is 1. The zero-order valence-corrected chi connectivity index (χ0v) is 17.3. The highest BCUT2D eigenvalue weighted by Crippen LogP contribution is 2.25. The largest absolute Gasteiger partial charge is 0.371 e. The van der Waals surface area contributed by atoms with Crippen LogP contribution in [0.15, 0.2) is 42.5 Å². The van der Waals surface area contributed by atoms with Crippen LogP contribution in [0.1, 0.15) is 34.3 Å². The van der Waals surface area contributed by atoms with Gasteiger partial charge in [0.2, 0.25) is 5.91 Å². The first-order chi connectivity index (χ1) is 14.4. The second-order valence-electron chi connectivity index (χ2n) is 7.51. The summed E-state index contributed by atoms with van der Waals surface area (Å²) in [7, 11) is 1.71. The van der Waals surface area contributed by atoms with E-state index < -0.39 is 10.8 Å². The van der Waals surface area contributed by atoms with Gasteiger partial charge in [-0.05, 0) is 43.5 Å². The number of nitrogens with one attached hydrogen (secondary N) is 1. The number of hydrogen-bond acceptors (Lipinski definition) is 5. The topological polar surface area (TPSA) is 95.8 Å². The van der Waals surface area contributed by atoms with E-state index in [1.54, 1.807) is 18.9 Å². The molecule has 1 fully saturated rings. The molecule has 3 rings (SSSR count). The van der Waals surface area contributed by atoms with Crippen molar-refractivity contribution in [2.45, 2.75) is 26.3 Å². The lowest BCUT2D eigenvalue weighted by molar-refractivity contribution is -0.385. The zero-order chi connectivity index (χ0) is 21.7. The molecule has 0 saturated carbocycles. The molecular weight excluding hydrogens is 384 g/mol. The van der Waals surface area contributed by atoms with Crippen molar-refractivity contribution in [2.24, 2.45) is 0 Å². The number of hydrogen-bond donors (Lipinski definition) is 1. The molecule has 2 aromatic carbocycles. The second-order valence-corrected chi connectivity index (χ2v) is 7.51. The SMILES string of the molecule is Cc1cc(C(=O)NCC(=O)N(C)Cc2ccccc2N2CCCC2)ccc1[N+](=O)[O-]. The predicted octanol–water partition coefficient (Wildman–Crippen LogP) is 2.89. The molecule has 1 N–H and O–H groups in total. The van der Waals surface area contributed by atoms with Gasteiger partial charge in [-0.3, -0.25) is 19.7 Å². The van der Waals surface area contributed by atoms with E-state index in [-0.39, 0.29) is 23.7 Å². The van der Waals surface area contributed by atoms with Crippen LogP contribution in [0.5, 0.6) is 0 Å². The van der Waals surface area contributed by atoms with Crippen LogP contribution >= 0.6 is 0 Å². The molecule has 8 heteroatoms. The Hall–Kier alpha value is -3.42. The summed E-state index contributed by atoms with van der Waals surface area (Å²) in [6, 6.07) is 12.2. The molecule has 0 aromatic heterocycles. The van der Waals surface area contributed by atoms with E-state index in [1.807, 2.05) is 18.2 Å². The summed E-state index contributed by atoms with van der Waals surface area (Å²) in [5.41, 5.74) is 2.87. The van der Waals surface area contributed by atoms with Gasteiger partial charge in [0.05, 0.1) is 11.5 Å². The van der Waals surface area contributed by atoms with Gasteiger partial charge < -0.3 is 15.1 Å². The average Bonchev–Trinajstić information content (AvgIpc) is 3.26. The minimum Gasteiger partial charge on any atom is -0.371 e. The number of para-hydroxylation sites is 1. The maximum absolute atomic E-state index is 12.5. The molecule has 158 valence electrons. The first-order valence-corrected chi connectivity index (χ1v) is 9.97. The minimum absolute atomic E-state index is 0.0426. The van der Waals surface area contributed by atoms with E-state index in [4.69, 9.17) is 0 Å². The molecule has 30 heavy (non-hydrogen) atoms. The van der Waals surface area contributed by atoms with Crippen molar-refractivity contribution < 1.29 is 14.5 Å². The van der Waals surface area contributed by atoms with E-state index in [0.29, 0.717) is 12.1 Å². The average molecular weight is 410 g/mol. The van der Waals surface area contributed by atoms with Crippen molar-refractivity contribution in [1.29, 1.82) is 0 Å². The van der Waals surface area contributed by atoms with Crippen LogP contribution in [0.2, 0.25) is 0 Å². The Bertz CT molecular complexity index is 954. The van der Waals surface area contributed by atoms with Crippen LogP contribution in [0.3, 0.4) is 0 Å². The van der Waals surface area contributed by atoms with Crippen LogP contribution in [0, 0.1) is 17.0 Å². The monoisotopic (exact) mass is 410 g/mol. The Morgan fingerprint density at radius 1 is 1.17 bits per heavy atom. The maximum Gasteiger partial charge on any atom is 0.272 e. The van der Waals surface area contributed by atoms with Crippen molar-refractivity contribution in [3.8, 4) is 0 Å². The third kappa shape index (κ3) is 4.94. The number of likely N-dealkylation sites (N-methyl/N-ethyl adjacent to an activating group) is 1. The number of nitro benzene ring substituents is 1. The number of rotatable bonds is 7. The van der Waals surface area contributed by atoms with Crippen LogP contribution in [0.25, 0.3) is 0 Å². The first-order valence-electron chi connectivity index (χ1n) is 9.97. The molecule has 0 spiro atoms. The predicted molar refractivity (Wildman–Crippen MR) is 115 cm³/mol. The Kier molecular flexibility index (Phi) is 6.66. The van der Waals surface area contributed by atoms with E-state index in [0.717, 1.165) is 24.3 Å². The first kappa shape index (κ1) is 21.3. The summed E-state index contributed by atoms with van der Waals surface area (Å²) in [5, 5.41) is 13.5. The molecule has 0 unspecified atom stereocenters. The minimum atomic E-state index is -0.491. The fourth-order valence-electron chi connectivity index (χ4n) is 3.65. The number of benzene rings is 2. The Morgan fingerprint density at radius 3 is 2.53 bits per heavy atom. The molecule has 0 atom stereocenters. The Morgan fingerprint density at radius 2 is 1.87 bits per heavy atom. The van der Waals surface area contributed by atoms with Gasteiger partial charge in [0.25, 0.3) is 11.6 Å². The van der Waals surface area contributed by atoms with Crippen molar-refractivity contribution in [2.75, 3.05) is 31.6 Å². The lowest BCUT2D eigenvalue weighted by Crippen LogP contribution is -2.38. The Balaban J connectivity index is 1.58. The van der Waals surface area contributed by atoms with Gasteiger partial charge in [-0.15, -0.1) is 0 Å². The molecule has 1 heterocycles. The Labute approximate surface area is 175 Å². The maximum atomic E-state index is 12.5. The van der Waals surface area contributed by atoms with Crippen LogP contribution in [0.4, 0.5) is 11.4 Å². The molecule has 0 aliphatic carbocycles. The quantitative estimate of drug-likeness (QED) is 0.559. The summed E-state index contributed by atoms with van der Waals surface area (Å²) in [6.07, 6.45) is 2.36. The van der Waals surface area contributed by atoms with E-state index in [9.17, 15) is 19.7 Å². The standard InChI is InChI=1S/C22H26N4O4/c1-16-13-17(9-10-19(16)26(29)30)22(28)23-14-21(27)24(2)15-18-7-3-4-8-20(18)25-11-5-6-12-25/h3-4,7-10,13H,5-6,11-12,14-15H2,1-2H3,(H,23,28). The molecule has 0 bridgehead atoms. The number of carbonyl (C=O) groups is 2. The third-order valence-corrected chi connectivity index (χ3v) is 5.33. The molecule has 0 radical (unpaired) electrons. The smallest absolute Gasteiger partial charge is 0.272 e. The summed E-state index contributed by atoms with van der Waals surface area (Å²) in [4.78, 5) is 39.2. The number of nitro groups is 1. The highest BCUT2D eigenvalue weighted by atomic mass is 16.6. The highest BCUT2D eigenvalue weighted by molar-refractivity contribution is 5.96. The molecule has 1 saturated heterocycles. The number of aryl methyl sites for hydroxylation is 1. The van der Waals surface area contributed by atoms with Gasteiger partial charge in [-0.25, -0.2) is 0 Å². The molecule has 8 nitrogen and oxygen atoms in total. The van der Waals surface area contributed by atoms with E-state index in [1.165, 1.54) is 31.0 Å². The summed E-state index contributed by atoms with van der Waals surface area (Å²) < 4.78 is 0. The van der Waals surface area contributed by atoms with Crippen molar-refractivity contribution >= 4 is 23.2 Å². The van der Waals surface area contributed by atoms with Gasteiger partial charge in [-0.2, -0.15) is 0 Å². The zero-order valence-electron chi connectivity index (χ0n) is 17.3. The van der Waals surface area contributed by atoms with Gasteiger partial charge in [0.15, 0.2) is 0 Å². The summed E-state index contributed by atoms with van der Waals surface area (Å²) in [5.74, 6) is -0.648. The molecule has 2 amide bonds. The normalized spacial score (nSPS) is 13.2. The number of nitrogens with zero attached hydrogens (tertiary/aromatic N) is 3. The lowest BCUT2D eigenvalue weighted by Gasteiger charge is -2.24. The van der Waals surface area contributed by atoms with Crippen LogP contribution in [-0.4, -0.2) is 48.3 Å². The van der Waals surface area contributed by atoms with Crippen LogP contribution in [-0.2, 0) is 11.3 Å². The summed E-state index contributed by atoms with van der Waals surface area (Å²) >= 11 is 0. The second kappa shape index (κ2) is 9.39. The van der Waals surface area contributed by atoms with Gasteiger partial charge >= 0.3 is 0 Å². The van der Waals surface area contributed by atoms with Crippen molar-refractivity contribution in [3.05, 3.63) is 69.3 Å². The van der Waals surface area contributed by atoms with Crippen LogP contribution < -0.4 is 10.2 Å².